The summed E-state index contributed by atoms with van der Waals surface area (Å²) in [5.74, 6) is 0. The Morgan fingerprint density at radius 3 is 1.09 bits per heavy atom. The van der Waals surface area contributed by atoms with Crippen molar-refractivity contribution in [1.82, 2.24) is 5.32 Å². The number of rotatable bonds is 4. The van der Waals surface area contributed by atoms with Gasteiger partial charge in [0.25, 0.3) is 0 Å². The molecule has 0 bridgehead atoms. The SMILES string of the molecule is CCC1(CC)NC1(CC)CC. The lowest BCUT2D eigenvalue weighted by Crippen LogP contribution is -2.23. The Hall–Kier alpha value is -0.0400. The molecule has 1 fully saturated rings. The van der Waals surface area contributed by atoms with Crippen molar-refractivity contribution in [2.75, 3.05) is 0 Å². The van der Waals surface area contributed by atoms with Crippen LogP contribution in [-0.2, 0) is 0 Å². The molecular weight excluding hydrogens is 134 g/mol. The van der Waals surface area contributed by atoms with Crippen LogP contribution < -0.4 is 5.32 Å². The first-order valence-corrected chi connectivity index (χ1v) is 4.99. The fourth-order valence-electron chi connectivity index (χ4n) is 2.63. The summed E-state index contributed by atoms with van der Waals surface area (Å²) < 4.78 is 0. The van der Waals surface area contributed by atoms with E-state index < -0.39 is 0 Å². The third-order valence-corrected chi connectivity index (χ3v) is 3.75. The van der Waals surface area contributed by atoms with Gasteiger partial charge in [0.15, 0.2) is 0 Å². The monoisotopic (exact) mass is 155 g/mol. The van der Waals surface area contributed by atoms with Crippen molar-refractivity contribution in [2.24, 2.45) is 0 Å². The van der Waals surface area contributed by atoms with Crippen LogP contribution in [0.15, 0.2) is 0 Å². The van der Waals surface area contributed by atoms with E-state index in [-0.39, 0.29) is 0 Å². The van der Waals surface area contributed by atoms with Crippen molar-refractivity contribution in [3.05, 3.63) is 0 Å². The average Bonchev–Trinajstić information content (AvgIpc) is 2.75. The van der Waals surface area contributed by atoms with E-state index in [0.29, 0.717) is 11.1 Å². The maximum Gasteiger partial charge on any atom is 0.0364 e. The predicted molar refractivity (Wildman–Crippen MR) is 49.8 cm³/mol. The van der Waals surface area contributed by atoms with Crippen LogP contribution in [-0.4, -0.2) is 11.1 Å². The third-order valence-electron chi connectivity index (χ3n) is 3.75. The highest BCUT2D eigenvalue weighted by Crippen LogP contribution is 2.48. The molecule has 66 valence electrons. The van der Waals surface area contributed by atoms with Crippen LogP contribution in [0.5, 0.6) is 0 Å². The van der Waals surface area contributed by atoms with Gasteiger partial charge in [0.05, 0.1) is 0 Å². The quantitative estimate of drug-likeness (QED) is 0.619. The van der Waals surface area contributed by atoms with E-state index in [0.717, 1.165) is 0 Å². The van der Waals surface area contributed by atoms with Gasteiger partial charge in [-0.05, 0) is 25.7 Å². The van der Waals surface area contributed by atoms with Crippen LogP contribution in [0, 0.1) is 0 Å². The normalized spacial score (nSPS) is 25.1. The molecule has 1 aliphatic heterocycles. The molecule has 1 aliphatic rings. The fourth-order valence-corrected chi connectivity index (χ4v) is 2.63. The van der Waals surface area contributed by atoms with Gasteiger partial charge in [0.1, 0.15) is 0 Å². The molecule has 1 N–H and O–H groups in total. The van der Waals surface area contributed by atoms with Gasteiger partial charge in [-0.2, -0.15) is 0 Å². The number of hydrogen-bond donors (Lipinski definition) is 1. The summed E-state index contributed by atoms with van der Waals surface area (Å²) in [4.78, 5) is 0. The zero-order valence-corrected chi connectivity index (χ0v) is 8.33. The van der Waals surface area contributed by atoms with Crippen LogP contribution in [0.4, 0.5) is 0 Å². The van der Waals surface area contributed by atoms with E-state index in [2.05, 4.69) is 33.0 Å². The second kappa shape index (κ2) is 2.78. The van der Waals surface area contributed by atoms with Crippen LogP contribution in [0.25, 0.3) is 0 Å². The molecule has 0 saturated carbocycles. The molecule has 0 atom stereocenters. The minimum atomic E-state index is 0.497. The van der Waals surface area contributed by atoms with Gasteiger partial charge < -0.3 is 5.32 Å². The molecule has 1 heterocycles. The number of nitrogens with one attached hydrogen (secondary N) is 1. The topological polar surface area (TPSA) is 21.9 Å². The van der Waals surface area contributed by atoms with Gasteiger partial charge in [0, 0.05) is 11.1 Å². The van der Waals surface area contributed by atoms with E-state index in [4.69, 9.17) is 0 Å². The highest BCUT2D eigenvalue weighted by molar-refractivity contribution is 5.24. The average molecular weight is 155 g/mol. The number of hydrogen-bond acceptors (Lipinski definition) is 1. The van der Waals surface area contributed by atoms with Gasteiger partial charge in [-0.1, -0.05) is 27.7 Å². The van der Waals surface area contributed by atoms with E-state index in [9.17, 15) is 0 Å². The minimum absolute atomic E-state index is 0.497. The Morgan fingerprint density at radius 1 is 0.727 bits per heavy atom. The molecule has 11 heavy (non-hydrogen) atoms. The Kier molecular flexibility index (Phi) is 2.29. The van der Waals surface area contributed by atoms with Crippen LogP contribution >= 0.6 is 0 Å². The zero-order chi connectivity index (χ0) is 8.54. The van der Waals surface area contributed by atoms with Gasteiger partial charge in [-0.25, -0.2) is 0 Å². The highest BCUT2D eigenvalue weighted by atomic mass is 15.3. The molecule has 0 aromatic rings. The Bertz CT molecular complexity index is 116. The summed E-state index contributed by atoms with van der Waals surface area (Å²) in [7, 11) is 0. The van der Waals surface area contributed by atoms with E-state index in [1.54, 1.807) is 0 Å². The maximum absolute atomic E-state index is 3.69. The Balaban J connectivity index is 2.65. The van der Waals surface area contributed by atoms with Crippen LogP contribution in [0.1, 0.15) is 53.4 Å². The van der Waals surface area contributed by atoms with E-state index in [1.165, 1.54) is 25.7 Å². The summed E-state index contributed by atoms with van der Waals surface area (Å²) in [6.45, 7) is 9.18. The van der Waals surface area contributed by atoms with Gasteiger partial charge in [-0.15, -0.1) is 0 Å². The second-order valence-corrected chi connectivity index (χ2v) is 3.70. The molecule has 0 aromatic heterocycles. The van der Waals surface area contributed by atoms with Crippen molar-refractivity contribution >= 4 is 0 Å². The molecular formula is C10H21N. The zero-order valence-electron chi connectivity index (χ0n) is 8.33. The standard InChI is InChI=1S/C10H21N/c1-5-9(6-2)10(7-3,8-4)11-9/h11H,5-8H2,1-4H3. The first kappa shape index (κ1) is 9.05. The Labute approximate surface area is 70.6 Å². The second-order valence-electron chi connectivity index (χ2n) is 3.70. The van der Waals surface area contributed by atoms with Crippen molar-refractivity contribution in [3.8, 4) is 0 Å². The van der Waals surface area contributed by atoms with Gasteiger partial charge >= 0.3 is 0 Å². The first-order valence-electron chi connectivity index (χ1n) is 4.99. The molecule has 0 aliphatic carbocycles. The summed E-state index contributed by atoms with van der Waals surface area (Å²) in [5.41, 5.74) is 0.993. The molecule has 0 aromatic carbocycles. The van der Waals surface area contributed by atoms with Crippen molar-refractivity contribution in [2.45, 2.75) is 64.5 Å². The molecule has 1 rings (SSSR count). The van der Waals surface area contributed by atoms with Gasteiger partial charge in [-0.3, -0.25) is 0 Å². The van der Waals surface area contributed by atoms with Gasteiger partial charge in [0.2, 0.25) is 0 Å². The summed E-state index contributed by atoms with van der Waals surface area (Å²) in [6, 6.07) is 0. The largest absolute Gasteiger partial charge is 0.302 e. The lowest BCUT2D eigenvalue weighted by Gasteiger charge is -2.17. The predicted octanol–water partition coefficient (Wildman–Crippen LogP) is 2.71. The van der Waals surface area contributed by atoms with Crippen LogP contribution in [0.3, 0.4) is 0 Å². The molecule has 0 unspecified atom stereocenters. The smallest absolute Gasteiger partial charge is 0.0364 e. The molecule has 1 heteroatoms. The van der Waals surface area contributed by atoms with Crippen LogP contribution in [0.2, 0.25) is 0 Å². The fraction of sp³-hybridized carbons (Fsp3) is 1.00. The third kappa shape index (κ3) is 1.01. The molecule has 1 saturated heterocycles. The molecule has 0 radical (unpaired) electrons. The lowest BCUT2D eigenvalue weighted by molar-refractivity contribution is 0.453. The lowest BCUT2D eigenvalue weighted by atomic mass is 9.84. The van der Waals surface area contributed by atoms with Crippen molar-refractivity contribution in [3.63, 3.8) is 0 Å². The Morgan fingerprint density at radius 2 is 1.00 bits per heavy atom. The van der Waals surface area contributed by atoms with Crippen molar-refractivity contribution in [1.29, 1.82) is 0 Å². The van der Waals surface area contributed by atoms with E-state index in [1.807, 2.05) is 0 Å². The summed E-state index contributed by atoms with van der Waals surface area (Å²) >= 11 is 0. The first-order chi connectivity index (χ1) is 5.20. The summed E-state index contributed by atoms with van der Waals surface area (Å²) in [5, 5.41) is 3.69. The maximum atomic E-state index is 3.69. The summed E-state index contributed by atoms with van der Waals surface area (Å²) in [6.07, 6.45) is 5.13. The highest BCUT2D eigenvalue weighted by Gasteiger charge is 2.61. The van der Waals surface area contributed by atoms with E-state index >= 15 is 0 Å². The van der Waals surface area contributed by atoms with Crippen molar-refractivity contribution < 1.29 is 0 Å². The minimum Gasteiger partial charge on any atom is -0.302 e. The molecule has 0 spiro atoms. The molecule has 0 amide bonds. The molecule has 1 nitrogen and oxygen atoms in total.